The van der Waals surface area contributed by atoms with Crippen LogP contribution in [0.1, 0.15) is 17.5 Å². The van der Waals surface area contributed by atoms with E-state index in [1.807, 2.05) is 0 Å². The van der Waals surface area contributed by atoms with Gasteiger partial charge in [-0.25, -0.2) is 4.39 Å². The van der Waals surface area contributed by atoms with Gasteiger partial charge in [0.25, 0.3) is 0 Å². The summed E-state index contributed by atoms with van der Waals surface area (Å²) < 4.78 is 51.0. The van der Waals surface area contributed by atoms with Crippen molar-refractivity contribution in [3.05, 3.63) is 35.1 Å². The quantitative estimate of drug-likeness (QED) is 0.750. The summed E-state index contributed by atoms with van der Waals surface area (Å²) in [6, 6.07) is 2.88. The van der Waals surface area contributed by atoms with Crippen LogP contribution in [0, 0.1) is 11.7 Å². The minimum Gasteiger partial charge on any atom is -0.316 e. The van der Waals surface area contributed by atoms with Crippen LogP contribution in [-0.2, 0) is 11.6 Å². The molecule has 2 atom stereocenters. The van der Waals surface area contributed by atoms with Crippen LogP contribution in [0.2, 0.25) is 0 Å². The summed E-state index contributed by atoms with van der Waals surface area (Å²) in [5.74, 6) is -0.347. The zero-order chi connectivity index (χ0) is 12.3. The van der Waals surface area contributed by atoms with Gasteiger partial charge in [0.15, 0.2) is 0 Å². The maximum atomic E-state index is 13.8. The summed E-state index contributed by atoms with van der Waals surface area (Å²) in [6.07, 6.45) is -3.60. The van der Waals surface area contributed by atoms with Crippen LogP contribution >= 0.6 is 0 Å². The highest BCUT2D eigenvalue weighted by molar-refractivity contribution is 5.40. The van der Waals surface area contributed by atoms with E-state index in [1.165, 1.54) is 6.07 Å². The number of halogens is 4. The standard InChI is InChI=1S/C12H11F4N/c13-10-3-7(12(14,15)16)1-2-9(10)11-4-8(11)5-17-6-11/h1-3,8,17H,4-6H2/t8-,11-/m0/s1. The Morgan fingerprint density at radius 2 is 2.06 bits per heavy atom. The predicted octanol–water partition coefficient (Wildman–Crippen LogP) is 2.71. The summed E-state index contributed by atoms with van der Waals surface area (Å²) >= 11 is 0. The van der Waals surface area contributed by atoms with Gasteiger partial charge in [-0.1, -0.05) is 6.07 Å². The largest absolute Gasteiger partial charge is 0.416 e. The van der Waals surface area contributed by atoms with Crippen LogP contribution < -0.4 is 5.32 Å². The molecule has 0 spiro atoms. The topological polar surface area (TPSA) is 12.0 Å². The van der Waals surface area contributed by atoms with Crippen molar-refractivity contribution in [2.45, 2.75) is 18.0 Å². The van der Waals surface area contributed by atoms with Gasteiger partial charge in [-0.3, -0.25) is 0 Å². The first-order chi connectivity index (χ1) is 7.93. The highest BCUT2D eigenvalue weighted by Gasteiger charge is 2.59. The van der Waals surface area contributed by atoms with Gasteiger partial charge >= 0.3 is 6.18 Å². The summed E-state index contributed by atoms with van der Waals surface area (Å²) in [5, 5.41) is 3.14. The fraction of sp³-hybridized carbons (Fsp3) is 0.500. The number of hydrogen-bond donors (Lipinski definition) is 1. The van der Waals surface area contributed by atoms with Gasteiger partial charge in [0.2, 0.25) is 0 Å². The minimum absolute atomic E-state index is 0.242. The molecule has 3 rings (SSSR count). The van der Waals surface area contributed by atoms with E-state index in [1.54, 1.807) is 0 Å². The molecule has 1 nitrogen and oxygen atoms in total. The zero-order valence-electron chi connectivity index (χ0n) is 8.94. The normalized spacial score (nSPS) is 31.4. The first-order valence-electron chi connectivity index (χ1n) is 5.51. The van der Waals surface area contributed by atoms with E-state index in [-0.39, 0.29) is 5.41 Å². The number of rotatable bonds is 1. The number of nitrogens with one attached hydrogen (secondary N) is 1. The van der Waals surface area contributed by atoms with Crippen molar-refractivity contribution in [3.8, 4) is 0 Å². The van der Waals surface area contributed by atoms with E-state index in [4.69, 9.17) is 0 Å². The molecule has 5 heteroatoms. The lowest BCUT2D eigenvalue weighted by molar-refractivity contribution is -0.137. The smallest absolute Gasteiger partial charge is 0.316 e. The molecule has 1 aromatic carbocycles. The molecule has 17 heavy (non-hydrogen) atoms. The van der Waals surface area contributed by atoms with Crippen LogP contribution in [0.4, 0.5) is 17.6 Å². The molecule has 0 unspecified atom stereocenters. The van der Waals surface area contributed by atoms with Gasteiger partial charge in [-0.15, -0.1) is 0 Å². The first-order valence-corrected chi connectivity index (χ1v) is 5.51. The molecular formula is C12H11F4N. The third kappa shape index (κ3) is 1.56. The molecule has 0 aromatic heterocycles. The molecule has 0 amide bonds. The fourth-order valence-corrected chi connectivity index (χ4v) is 2.85. The lowest BCUT2D eigenvalue weighted by atomic mass is 9.93. The number of benzene rings is 1. The van der Waals surface area contributed by atoms with Crippen molar-refractivity contribution in [3.63, 3.8) is 0 Å². The van der Waals surface area contributed by atoms with Gasteiger partial charge in [0, 0.05) is 12.0 Å². The lowest BCUT2D eigenvalue weighted by Crippen LogP contribution is -2.20. The van der Waals surface area contributed by atoms with Crippen molar-refractivity contribution in [1.29, 1.82) is 0 Å². The third-order valence-electron chi connectivity index (χ3n) is 3.90. The van der Waals surface area contributed by atoms with Crippen molar-refractivity contribution >= 4 is 0 Å². The Balaban J connectivity index is 1.98. The molecule has 92 valence electrons. The Hall–Kier alpha value is -1.10. The van der Waals surface area contributed by atoms with Crippen molar-refractivity contribution in [2.75, 3.05) is 13.1 Å². The molecule has 1 aliphatic carbocycles. The van der Waals surface area contributed by atoms with Gasteiger partial charge in [-0.2, -0.15) is 13.2 Å². The Morgan fingerprint density at radius 3 is 2.53 bits per heavy atom. The van der Waals surface area contributed by atoms with E-state index in [0.717, 1.165) is 19.0 Å². The van der Waals surface area contributed by atoms with Crippen molar-refractivity contribution in [2.24, 2.45) is 5.92 Å². The van der Waals surface area contributed by atoms with Crippen LogP contribution in [0.5, 0.6) is 0 Å². The average molecular weight is 245 g/mol. The SMILES string of the molecule is Fc1cc(C(F)(F)F)ccc1[C@@]12CNC[C@@H]1C2. The van der Waals surface area contributed by atoms with Gasteiger partial charge in [0.05, 0.1) is 5.56 Å². The predicted molar refractivity (Wildman–Crippen MR) is 54.1 cm³/mol. The number of hydrogen-bond acceptors (Lipinski definition) is 1. The van der Waals surface area contributed by atoms with E-state index in [2.05, 4.69) is 5.32 Å². The van der Waals surface area contributed by atoms with Crippen molar-refractivity contribution < 1.29 is 17.6 Å². The van der Waals surface area contributed by atoms with E-state index in [0.29, 0.717) is 24.1 Å². The third-order valence-corrected chi connectivity index (χ3v) is 3.90. The molecular weight excluding hydrogens is 234 g/mol. The van der Waals surface area contributed by atoms with Crippen LogP contribution in [0.15, 0.2) is 18.2 Å². The van der Waals surface area contributed by atoms with Crippen LogP contribution in [0.25, 0.3) is 0 Å². The minimum atomic E-state index is -4.48. The molecule has 2 aliphatic rings. The van der Waals surface area contributed by atoms with E-state index >= 15 is 0 Å². The number of piperidine rings is 1. The number of fused-ring (bicyclic) bond motifs is 1. The summed E-state index contributed by atoms with van der Waals surface area (Å²) in [5.41, 5.74) is -0.729. The first kappa shape index (κ1) is 11.0. The highest BCUT2D eigenvalue weighted by Crippen LogP contribution is 2.57. The van der Waals surface area contributed by atoms with Gasteiger partial charge < -0.3 is 5.32 Å². The van der Waals surface area contributed by atoms with Crippen LogP contribution in [-0.4, -0.2) is 13.1 Å². The maximum Gasteiger partial charge on any atom is 0.416 e. The Morgan fingerprint density at radius 1 is 1.29 bits per heavy atom. The Bertz CT molecular complexity index is 468. The molecule has 2 fully saturated rings. The monoisotopic (exact) mass is 245 g/mol. The molecule has 1 heterocycles. The van der Waals surface area contributed by atoms with Gasteiger partial charge in [0.1, 0.15) is 5.82 Å². The summed E-state index contributed by atoms with van der Waals surface area (Å²) in [7, 11) is 0. The summed E-state index contributed by atoms with van der Waals surface area (Å²) in [6.45, 7) is 1.50. The Kier molecular flexibility index (Phi) is 2.09. The maximum absolute atomic E-state index is 13.8. The number of alkyl halides is 3. The van der Waals surface area contributed by atoms with E-state index in [9.17, 15) is 17.6 Å². The molecule has 0 radical (unpaired) electrons. The average Bonchev–Trinajstić information content (AvgIpc) is 2.80. The molecule has 0 bridgehead atoms. The second-order valence-corrected chi connectivity index (χ2v) is 4.88. The molecule has 1 saturated heterocycles. The second-order valence-electron chi connectivity index (χ2n) is 4.88. The Labute approximate surface area is 95.8 Å². The summed E-state index contributed by atoms with van der Waals surface area (Å²) in [4.78, 5) is 0. The fourth-order valence-electron chi connectivity index (χ4n) is 2.85. The lowest BCUT2D eigenvalue weighted by Gasteiger charge is -2.15. The molecule has 1 N–H and O–H groups in total. The van der Waals surface area contributed by atoms with Gasteiger partial charge in [-0.05, 0) is 36.6 Å². The van der Waals surface area contributed by atoms with Crippen molar-refractivity contribution in [1.82, 2.24) is 5.32 Å². The second kappa shape index (κ2) is 3.22. The zero-order valence-corrected chi connectivity index (χ0v) is 8.94. The van der Waals surface area contributed by atoms with E-state index < -0.39 is 17.6 Å². The molecule has 1 saturated carbocycles. The molecule has 1 aliphatic heterocycles. The molecule has 1 aromatic rings. The van der Waals surface area contributed by atoms with Crippen LogP contribution in [0.3, 0.4) is 0 Å². The highest BCUT2D eigenvalue weighted by atomic mass is 19.4.